The lowest BCUT2D eigenvalue weighted by Gasteiger charge is -1.99. The summed E-state index contributed by atoms with van der Waals surface area (Å²) in [5.41, 5.74) is 0. The van der Waals surface area contributed by atoms with E-state index in [2.05, 4.69) is 20.4 Å². The quantitative estimate of drug-likeness (QED) is 0.459. The van der Waals surface area contributed by atoms with Crippen molar-refractivity contribution in [3.63, 3.8) is 0 Å². The molecule has 0 radical (unpaired) electrons. The Morgan fingerprint density at radius 1 is 1.44 bits per heavy atom. The van der Waals surface area contributed by atoms with Crippen molar-refractivity contribution in [3.05, 3.63) is 12.7 Å². The van der Waals surface area contributed by atoms with E-state index in [1.807, 2.05) is 6.08 Å². The number of hydrogen-bond donors (Lipinski definition) is 1. The molecule has 0 aromatic heterocycles. The van der Waals surface area contributed by atoms with E-state index in [1.54, 1.807) is 0 Å². The van der Waals surface area contributed by atoms with Gasteiger partial charge in [-0.25, -0.2) is 0 Å². The molecule has 0 aliphatic carbocycles. The van der Waals surface area contributed by atoms with E-state index >= 15 is 0 Å². The van der Waals surface area contributed by atoms with Gasteiger partial charge in [-0.05, 0) is 18.8 Å². The van der Waals surface area contributed by atoms with Crippen LogP contribution in [0.5, 0.6) is 0 Å². The molecule has 0 fully saturated rings. The summed E-state index contributed by atoms with van der Waals surface area (Å²) >= 11 is 0. The van der Waals surface area contributed by atoms with E-state index in [-0.39, 0.29) is 6.15 Å². The second kappa shape index (κ2) is 7.70. The molecular formula is C8H19N. The highest BCUT2D eigenvalue weighted by Gasteiger charge is 1.89. The highest BCUT2D eigenvalue weighted by molar-refractivity contribution is 4.65. The second-order valence-corrected chi connectivity index (χ2v) is 2.61. The van der Waals surface area contributed by atoms with Crippen LogP contribution in [0.4, 0.5) is 0 Å². The van der Waals surface area contributed by atoms with Crippen molar-refractivity contribution in [1.29, 1.82) is 0 Å². The molecule has 0 unspecified atom stereocenters. The maximum absolute atomic E-state index is 3.66. The molecule has 0 spiro atoms. The average Bonchev–Trinajstić information content (AvgIpc) is 1.66. The summed E-state index contributed by atoms with van der Waals surface area (Å²) in [6.45, 7) is 8.16. The van der Waals surface area contributed by atoms with Crippen molar-refractivity contribution < 1.29 is 0 Å². The Hall–Kier alpha value is -0.300. The van der Waals surface area contributed by atoms with Gasteiger partial charge in [0.15, 0.2) is 0 Å². The smallest absolute Gasteiger partial charge is 0.0353 e. The fourth-order valence-corrected chi connectivity index (χ4v) is 0.670. The molecule has 9 heavy (non-hydrogen) atoms. The van der Waals surface area contributed by atoms with Crippen molar-refractivity contribution in [2.45, 2.75) is 33.1 Å². The van der Waals surface area contributed by atoms with Crippen molar-refractivity contribution in [1.82, 2.24) is 6.15 Å². The highest BCUT2D eigenvalue weighted by atomic mass is 14.0. The Balaban J connectivity index is 0. The maximum Gasteiger partial charge on any atom is -0.0353 e. The van der Waals surface area contributed by atoms with Gasteiger partial charge in [-0.2, -0.15) is 0 Å². The lowest BCUT2D eigenvalue weighted by molar-refractivity contribution is 0.560. The molecule has 1 nitrogen and oxygen atoms in total. The van der Waals surface area contributed by atoms with Crippen LogP contribution in [0.25, 0.3) is 0 Å². The second-order valence-electron chi connectivity index (χ2n) is 2.61. The van der Waals surface area contributed by atoms with Crippen LogP contribution in [0.2, 0.25) is 0 Å². The first-order valence-corrected chi connectivity index (χ1v) is 3.38. The zero-order valence-corrected chi connectivity index (χ0v) is 6.69. The summed E-state index contributed by atoms with van der Waals surface area (Å²) in [7, 11) is 0. The summed E-state index contributed by atoms with van der Waals surface area (Å²) in [5, 5.41) is 0. The van der Waals surface area contributed by atoms with Crippen LogP contribution >= 0.6 is 0 Å². The number of rotatable bonds is 4. The van der Waals surface area contributed by atoms with Gasteiger partial charge in [0.1, 0.15) is 0 Å². The number of allylic oxidation sites excluding steroid dienone is 1. The van der Waals surface area contributed by atoms with Gasteiger partial charge in [0, 0.05) is 0 Å². The van der Waals surface area contributed by atoms with Crippen LogP contribution in [0, 0.1) is 5.92 Å². The molecule has 0 heterocycles. The molecule has 0 atom stereocenters. The lowest BCUT2D eigenvalue weighted by Crippen LogP contribution is -1.84. The minimum atomic E-state index is 0. The first kappa shape index (κ1) is 11.5. The number of unbranched alkanes of at least 4 members (excludes halogenated alkanes) is 1. The molecule has 0 bridgehead atoms. The summed E-state index contributed by atoms with van der Waals surface area (Å²) in [6.07, 6.45) is 5.81. The van der Waals surface area contributed by atoms with Crippen molar-refractivity contribution in [3.8, 4) is 0 Å². The monoisotopic (exact) mass is 129 g/mol. The van der Waals surface area contributed by atoms with Crippen LogP contribution in [-0.4, -0.2) is 0 Å². The predicted molar refractivity (Wildman–Crippen MR) is 43.9 cm³/mol. The van der Waals surface area contributed by atoms with E-state index in [9.17, 15) is 0 Å². The Bertz CT molecular complexity index is 57.6. The van der Waals surface area contributed by atoms with Gasteiger partial charge in [0.2, 0.25) is 0 Å². The topological polar surface area (TPSA) is 35.0 Å². The Morgan fingerprint density at radius 2 is 2.00 bits per heavy atom. The third-order valence-corrected chi connectivity index (χ3v) is 1.19. The molecule has 0 aliphatic heterocycles. The lowest BCUT2D eigenvalue weighted by atomic mass is 10.1. The summed E-state index contributed by atoms with van der Waals surface area (Å²) < 4.78 is 0. The summed E-state index contributed by atoms with van der Waals surface area (Å²) in [4.78, 5) is 0. The van der Waals surface area contributed by atoms with E-state index in [0.717, 1.165) is 5.92 Å². The van der Waals surface area contributed by atoms with Crippen LogP contribution in [0.1, 0.15) is 33.1 Å². The minimum absolute atomic E-state index is 0. The van der Waals surface area contributed by atoms with Crippen molar-refractivity contribution >= 4 is 0 Å². The van der Waals surface area contributed by atoms with Gasteiger partial charge >= 0.3 is 0 Å². The predicted octanol–water partition coefficient (Wildman–Crippen LogP) is 3.16. The van der Waals surface area contributed by atoms with E-state index in [0.29, 0.717) is 0 Å². The normalized spacial score (nSPS) is 8.78. The molecule has 1 heteroatoms. The number of hydrogen-bond acceptors (Lipinski definition) is 1. The van der Waals surface area contributed by atoms with Gasteiger partial charge < -0.3 is 6.15 Å². The van der Waals surface area contributed by atoms with Crippen LogP contribution < -0.4 is 6.15 Å². The average molecular weight is 129 g/mol. The molecular weight excluding hydrogens is 110 g/mol. The van der Waals surface area contributed by atoms with Crippen molar-refractivity contribution in [2.24, 2.45) is 5.92 Å². The standard InChI is InChI=1S/C8H16.H3N/c1-4-5-6-7-8(2)3;/h4,8H,1,5-7H2,2-3H3;1H3. The highest BCUT2D eigenvalue weighted by Crippen LogP contribution is 2.05. The van der Waals surface area contributed by atoms with Gasteiger partial charge in [-0.3, -0.25) is 0 Å². The zero-order chi connectivity index (χ0) is 6.41. The minimum Gasteiger partial charge on any atom is -0.344 e. The molecule has 0 aromatic carbocycles. The van der Waals surface area contributed by atoms with E-state index in [1.165, 1.54) is 19.3 Å². The molecule has 0 saturated carbocycles. The fourth-order valence-electron chi connectivity index (χ4n) is 0.670. The Kier molecular flexibility index (Phi) is 9.83. The zero-order valence-electron chi connectivity index (χ0n) is 6.69. The Labute approximate surface area is 58.7 Å². The molecule has 0 aliphatic rings. The van der Waals surface area contributed by atoms with Crippen LogP contribution in [-0.2, 0) is 0 Å². The first-order valence-electron chi connectivity index (χ1n) is 3.38. The SMILES string of the molecule is C=CCCCC(C)C.N. The molecule has 0 saturated heterocycles. The van der Waals surface area contributed by atoms with Gasteiger partial charge in [-0.15, -0.1) is 6.58 Å². The molecule has 3 N–H and O–H groups in total. The van der Waals surface area contributed by atoms with Gasteiger partial charge in [0.05, 0.1) is 0 Å². The molecule has 0 aromatic rings. The third-order valence-electron chi connectivity index (χ3n) is 1.19. The van der Waals surface area contributed by atoms with E-state index in [4.69, 9.17) is 0 Å². The van der Waals surface area contributed by atoms with E-state index < -0.39 is 0 Å². The maximum atomic E-state index is 3.66. The third kappa shape index (κ3) is 11.3. The van der Waals surface area contributed by atoms with Gasteiger partial charge in [0.25, 0.3) is 0 Å². The van der Waals surface area contributed by atoms with Gasteiger partial charge in [-0.1, -0.05) is 26.3 Å². The Morgan fingerprint density at radius 3 is 2.33 bits per heavy atom. The molecule has 0 rings (SSSR count). The largest absolute Gasteiger partial charge is 0.344 e. The summed E-state index contributed by atoms with van der Waals surface area (Å²) in [6, 6.07) is 0. The van der Waals surface area contributed by atoms with Crippen LogP contribution in [0.3, 0.4) is 0 Å². The molecule has 0 amide bonds. The molecule has 56 valence electrons. The first-order chi connectivity index (χ1) is 3.77. The summed E-state index contributed by atoms with van der Waals surface area (Å²) in [5.74, 6) is 0.856. The fraction of sp³-hybridized carbons (Fsp3) is 0.750. The van der Waals surface area contributed by atoms with Crippen LogP contribution in [0.15, 0.2) is 12.7 Å². The van der Waals surface area contributed by atoms with Crippen molar-refractivity contribution in [2.75, 3.05) is 0 Å².